The normalized spacial score (nSPS) is 9.94. The second-order valence-electron chi connectivity index (χ2n) is 4.01. The Bertz CT molecular complexity index is 444. The number of rotatable bonds is 5. The first kappa shape index (κ1) is 14.2. The molecule has 0 bridgehead atoms. The van der Waals surface area contributed by atoms with Gasteiger partial charge in [0.1, 0.15) is 0 Å². The van der Waals surface area contributed by atoms with Crippen LogP contribution in [0.3, 0.4) is 0 Å². The van der Waals surface area contributed by atoms with Crippen LogP contribution in [-0.4, -0.2) is 25.4 Å². The Balaban J connectivity index is 2.80. The summed E-state index contributed by atoms with van der Waals surface area (Å²) in [5.74, 6) is -0.161. The van der Waals surface area contributed by atoms with Crippen LogP contribution in [0, 0.1) is 6.92 Å². The molecule has 0 atom stereocenters. The molecule has 0 fully saturated rings. The molecule has 5 nitrogen and oxygen atoms in total. The van der Waals surface area contributed by atoms with Crippen molar-refractivity contribution in [3.8, 4) is 0 Å². The van der Waals surface area contributed by atoms with Crippen LogP contribution in [0.5, 0.6) is 0 Å². The quantitative estimate of drug-likeness (QED) is 0.740. The summed E-state index contributed by atoms with van der Waals surface area (Å²) < 4.78 is 0. The summed E-state index contributed by atoms with van der Waals surface area (Å²) >= 11 is 0. The van der Waals surface area contributed by atoms with Crippen molar-refractivity contribution in [1.82, 2.24) is 5.32 Å². The molecule has 0 aliphatic heterocycles. The number of carbonyl (C=O) groups excluding carboxylic acids is 2. The number of aryl methyl sites for hydroxylation is 1. The third-order valence-corrected chi connectivity index (χ3v) is 2.45. The molecule has 2 amide bonds. The highest BCUT2D eigenvalue weighted by Gasteiger charge is 2.06. The van der Waals surface area contributed by atoms with Crippen LogP contribution in [0.2, 0.25) is 0 Å². The minimum Gasteiger partial charge on any atom is -0.326 e. The van der Waals surface area contributed by atoms with Gasteiger partial charge in [-0.3, -0.25) is 9.59 Å². The maximum absolute atomic E-state index is 11.5. The summed E-state index contributed by atoms with van der Waals surface area (Å²) in [7, 11) is 1.71. The first-order chi connectivity index (χ1) is 8.56. The molecule has 0 saturated heterocycles. The zero-order valence-corrected chi connectivity index (χ0v) is 11.0. The molecule has 0 aromatic heterocycles. The van der Waals surface area contributed by atoms with E-state index >= 15 is 0 Å². The van der Waals surface area contributed by atoms with E-state index in [1.165, 1.54) is 0 Å². The highest BCUT2D eigenvalue weighted by molar-refractivity contribution is 5.95. The highest BCUT2D eigenvalue weighted by Crippen LogP contribution is 2.20. The van der Waals surface area contributed by atoms with Crippen molar-refractivity contribution < 1.29 is 9.59 Å². The van der Waals surface area contributed by atoms with Gasteiger partial charge in [-0.05, 0) is 31.7 Å². The Labute approximate surface area is 107 Å². The number of amides is 2. The first-order valence-electron chi connectivity index (χ1n) is 5.91. The second kappa shape index (κ2) is 6.76. The van der Waals surface area contributed by atoms with Crippen molar-refractivity contribution in [3.05, 3.63) is 23.8 Å². The Morgan fingerprint density at radius 1 is 1.17 bits per heavy atom. The third-order valence-electron chi connectivity index (χ3n) is 2.45. The van der Waals surface area contributed by atoms with Crippen LogP contribution in [0.1, 0.15) is 18.9 Å². The van der Waals surface area contributed by atoms with Gasteiger partial charge in [-0.2, -0.15) is 0 Å². The minimum absolute atomic E-state index is 0.0497. The predicted octanol–water partition coefficient (Wildman–Crippen LogP) is 1.50. The van der Waals surface area contributed by atoms with Crippen LogP contribution < -0.4 is 16.0 Å². The molecule has 1 rings (SSSR count). The minimum atomic E-state index is -0.112. The lowest BCUT2D eigenvalue weighted by Gasteiger charge is -2.11. The third kappa shape index (κ3) is 4.18. The molecule has 0 aliphatic carbocycles. The van der Waals surface area contributed by atoms with Crippen LogP contribution in [0.25, 0.3) is 0 Å². The number of hydrogen-bond acceptors (Lipinski definition) is 3. The summed E-state index contributed by atoms with van der Waals surface area (Å²) in [6.45, 7) is 3.95. The van der Waals surface area contributed by atoms with Crippen molar-refractivity contribution in [2.24, 2.45) is 0 Å². The predicted molar refractivity (Wildman–Crippen MR) is 72.7 cm³/mol. The van der Waals surface area contributed by atoms with Gasteiger partial charge in [-0.15, -0.1) is 0 Å². The summed E-state index contributed by atoms with van der Waals surface area (Å²) in [6.07, 6.45) is 0.426. The maximum atomic E-state index is 11.5. The number of benzene rings is 1. The fourth-order valence-electron chi connectivity index (χ4n) is 1.44. The molecule has 5 heteroatoms. The Morgan fingerprint density at radius 3 is 2.50 bits per heavy atom. The monoisotopic (exact) mass is 249 g/mol. The van der Waals surface area contributed by atoms with Gasteiger partial charge < -0.3 is 16.0 Å². The molecule has 98 valence electrons. The highest BCUT2D eigenvalue weighted by atomic mass is 16.2. The van der Waals surface area contributed by atoms with Crippen LogP contribution in [0.15, 0.2) is 18.2 Å². The molecule has 0 saturated carbocycles. The second-order valence-corrected chi connectivity index (χ2v) is 4.01. The van der Waals surface area contributed by atoms with E-state index in [4.69, 9.17) is 0 Å². The average Bonchev–Trinajstić information content (AvgIpc) is 2.33. The Morgan fingerprint density at radius 2 is 1.89 bits per heavy atom. The summed E-state index contributed by atoms with van der Waals surface area (Å²) in [5.41, 5.74) is 2.35. The molecule has 0 spiro atoms. The number of anilines is 2. The lowest BCUT2D eigenvalue weighted by molar-refractivity contribution is -0.116. The van der Waals surface area contributed by atoms with Gasteiger partial charge in [-0.25, -0.2) is 0 Å². The molecular formula is C13H19N3O2. The zero-order chi connectivity index (χ0) is 13.5. The Hall–Kier alpha value is -1.88. The lowest BCUT2D eigenvalue weighted by Crippen LogP contribution is -2.25. The number of likely N-dealkylation sites (N-methyl/N-ethyl adjacent to an activating group) is 1. The van der Waals surface area contributed by atoms with E-state index in [2.05, 4.69) is 16.0 Å². The molecule has 1 aromatic rings. The number of hydrogen-bond donors (Lipinski definition) is 3. The van der Waals surface area contributed by atoms with Crippen molar-refractivity contribution in [2.75, 3.05) is 24.2 Å². The molecule has 0 unspecified atom stereocenters. The fourth-order valence-corrected chi connectivity index (χ4v) is 1.44. The largest absolute Gasteiger partial charge is 0.326 e. The van der Waals surface area contributed by atoms with E-state index in [1.54, 1.807) is 20.0 Å². The van der Waals surface area contributed by atoms with Gasteiger partial charge in [0.15, 0.2) is 0 Å². The molecule has 0 heterocycles. The van der Waals surface area contributed by atoms with E-state index in [1.807, 2.05) is 19.1 Å². The topological polar surface area (TPSA) is 70.2 Å². The van der Waals surface area contributed by atoms with Gasteiger partial charge in [0.2, 0.25) is 11.8 Å². The maximum Gasteiger partial charge on any atom is 0.238 e. The molecule has 1 aromatic carbocycles. The average molecular weight is 249 g/mol. The van der Waals surface area contributed by atoms with Gasteiger partial charge >= 0.3 is 0 Å². The first-order valence-corrected chi connectivity index (χ1v) is 5.91. The standard InChI is InChI=1S/C13H19N3O2/c1-4-12(17)15-10-6-5-9(2)11(7-10)16-13(18)8-14-3/h5-7,14H,4,8H2,1-3H3,(H,15,17)(H,16,18). The van der Waals surface area contributed by atoms with E-state index < -0.39 is 0 Å². The van der Waals surface area contributed by atoms with Crippen LogP contribution >= 0.6 is 0 Å². The van der Waals surface area contributed by atoms with Gasteiger partial charge in [-0.1, -0.05) is 13.0 Å². The Kier molecular flexibility index (Phi) is 5.32. The van der Waals surface area contributed by atoms with Crippen molar-refractivity contribution >= 4 is 23.2 Å². The summed E-state index contributed by atoms with van der Waals surface area (Å²) in [4.78, 5) is 22.8. The SMILES string of the molecule is CCC(=O)Nc1ccc(C)c(NC(=O)CNC)c1. The molecule has 0 aliphatic rings. The van der Waals surface area contributed by atoms with Gasteiger partial charge in [0.25, 0.3) is 0 Å². The summed E-state index contributed by atoms with van der Waals surface area (Å²) in [5, 5.41) is 8.33. The van der Waals surface area contributed by atoms with Gasteiger partial charge in [0, 0.05) is 17.8 Å². The molecule has 18 heavy (non-hydrogen) atoms. The van der Waals surface area contributed by atoms with Crippen LogP contribution in [0.4, 0.5) is 11.4 Å². The number of nitrogens with one attached hydrogen (secondary N) is 3. The van der Waals surface area contributed by atoms with Crippen molar-refractivity contribution in [3.63, 3.8) is 0 Å². The van der Waals surface area contributed by atoms with E-state index in [9.17, 15) is 9.59 Å². The smallest absolute Gasteiger partial charge is 0.238 e. The lowest BCUT2D eigenvalue weighted by atomic mass is 10.1. The summed E-state index contributed by atoms with van der Waals surface area (Å²) in [6, 6.07) is 5.44. The van der Waals surface area contributed by atoms with Crippen molar-refractivity contribution in [2.45, 2.75) is 20.3 Å². The van der Waals surface area contributed by atoms with Crippen LogP contribution in [-0.2, 0) is 9.59 Å². The van der Waals surface area contributed by atoms with E-state index in [0.29, 0.717) is 17.8 Å². The van der Waals surface area contributed by atoms with Gasteiger partial charge in [0.05, 0.1) is 6.54 Å². The molecule has 0 radical (unpaired) electrons. The van der Waals surface area contributed by atoms with Crippen molar-refractivity contribution in [1.29, 1.82) is 0 Å². The van der Waals surface area contributed by atoms with E-state index in [0.717, 1.165) is 5.56 Å². The molecule has 3 N–H and O–H groups in total. The molecular weight excluding hydrogens is 230 g/mol. The fraction of sp³-hybridized carbons (Fsp3) is 0.385. The number of carbonyl (C=O) groups is 2. The van der Waals surface area contributed by atoms with E-state index in [-0.39, 0.29) is 18.4 Å². The zero-order valence-electron chi connectivity index (χ0n) is 11.0.